The lowest BCUT2D eigenvalue weighted by molar-refractivity contribution is 0.0546. The van der Waals surface area contributed by atoms with Gasteiger partial charge >= 0.3 is 0 Å². The van der Waals surface area contributed by atoms with Gasteiger partial charge in [-0.3, -0.25) is 9.59 Å². The van der Waals surface area contributed by atoms with E-state index in [1.165, 1.54) is 11.3 Å². The van der Waals surface area contributed by atoms with Gasteiger partial charge in [0.15, 0.2) is 0 Å². The molecule has 0 bridgehead atoms. The van der Waals surface area contributed by atoms with E-state index in [0.29, 0.717) is 42.1 Å². The molecule has 1 aliphatic heterocycles. The Morgan fingerprint density at radius 1 is 1.17 bits per heavy atom. The van der Waals surface area contributed by atoms with E-state index < -0.39 is 0 Å². The number of hydrogen-bond acceptors (Lipinski definition) is 4. The molecule has 24 heavy (non-hydrogen) atoms. The molecule has 3 rings (SSSR count). The first-order chi connectivity index (χ1) is 11.5. The van der Waals surface area contributed by atoms with Gasteiger partial charge in [0.05, 0.1) is 11.0 Å². The summed E-state index contributed by atoms with van der Waals surface area (Å²) in [7, 11) is 0. The van der Waals surface area contributed by atoms with Crippen molar-refractivity contribution in [2.24, 2.45) is 0 Å². The Morgan fingerprint density at radius 2 is 1.83 bits per heavy atom. The minimum atomic E-state index is -0.299. The lowest BCUT2D eigenvalue weighted by Crippen LogP contribution is -2.40. The first-order valence-electron chi connectivity index (χ1n) is 7.97. The highest BCUT2D eigenvalue weighted by molar-refractivity contribution is 7.12. The maximum atomic E-state index is 12.4. The molecule has 0 unspecified atom stereocenters. The Hall–Kier alpha value is -2.18. The Morgan fingerprint density at radius 3 is 2.42 bits per heavy atom. The number of aliphatic hydroxyl groups excluding tert-OH is 1. The van der Waals surface area contributed by atoms with Crippen molar-refractivity contribution in [1.82, 2.24) is 4.90 Å². The third-order valence-corrected chi connectivity index (χ3v) is 5.22. The van der Waals surface area contributed by atoms with E-state index in [0.717, 1.165) is 5.56 Å². The van der Waals surface area contributed by atoms with Crippen LogP contribution in [0.2, 0.25) is 0 Å². The van der Waals surface area contributed by atoms with Gasteiger partial charge in [-0.05, 0) is 61.0 Å². The number of piperidine rings is 1. The molecular weight excluding hydrogens is 324 g/mol. The molecule has 0 radical (unpaired) electrons. The molecular formula is C18H20N2O3S. The molecule has 0 atom stereocenters. The predicted octanol–water partition coefficient (Wildman–Crippen LogP) is 2.91. The number of amides is 2. The van der Waals surface area contributed by atoms with E-state index in [1.54, 1.807) is 29.2 Å². The van der Waals surface area contributed by atoms with Crippen molar-refractivity contribution >= 4 is 28.8 Å². The number of nitrogens with one attached hydrogen (secondary N) is 1. The number of carbonyl (C=O) groups is 2. The molecule has 2 aromatic rings. The fraction of sp³-hybridized carbons (Fsp3) is 0.333. The number of anilines is 1. The zero-order chi connectivity index (χ0) is 17.1. The van der Waals surface area contributed by atoms with Gasteiger partial charge in [-0.1, -0.05) is 0 Å². The molecule has 126 valence electrons. The Labute approximate surface area is 144 Å². The van der Waals surface area contributed by atoms with Gasteiger partial charge in [-0.25, -0.2) is 0 Å². The van der Waals surface area contributed by atoms with E-state index in [2.05, 4.69) is 5.32 Å². The molecule has 2 heterocycles. The van der Waals surface area contributed by atoms with Gasteiger partial charge in [-0.15, -0.1) is 11.3 Å². The van der Waals surface area contributed by atoms with Crippen LogP contribution in [0, 0.1) is 6.92 Å². The zero-order valence-electron chi connectivity index (χ0n) is 13.5. The molecule has 1 aliphatic rings. The summed E-state index contributed by atoms with van der Waals surface area (Å²) in [5.41, 5.74) is 2.21. The van der Waals surface area contributed by atoms with Crippen molar-refractivity contribution in [3.8, 4) is 0 Å². The van der Waals surface area contributed by atoms with Crippen LogP contribution in [-0.2, 0) is 0 Å². The summed E-state index contributed by atoms with van der Waals surface area (Å²) in [4.78, 5) is 27.1. The van der Waals surface area contributed by atoms with Crippen molar-refractivity contribution in [1.29, 1.82) is 0 Å². The number of hydrogen-bond donors (Lipinski definition) is 2. The highest BCUT2D eigenvalue weighted by Gasteiger charge is 2.22. The number of benzene rings is 1. The third-order valence-electron chi connectivity index (χ3n) is 4.21. The van der Waals surface area contributed by atoms with Crippen LogP contribution in [0.1, 0.15) is 38.4 Å². The Balaban J connectivity index is 1.64. The number of carbonyl (C=O) groups excluding carboxylic acids is 2. The maximum Gasteiger partial charge on any atom is 0.265 e. The van der Waals surface area contributed by atoms with Crippen molar-refractivity contribution < 1.29 is 14.7 Å². The van der Waals surface area contributed by atoms with E-state index in [1.807, 2.05) is 18.4 Å². The van der Waals surface area contributed by atoms with Gasteiger partial charge in [-0.2, -0.15) is 0 Å². The lowest BCUT2D eigenvalue weighted by Gasteiger charge is -2.29. The minimum absolute atomic E-state index is 0.0334. The summed E-state index contributed by atoms with van der Waals surface area (Å²) in [6, 6.07) is 8.85. The monoisotopic (exact) mass is 344 g/mol. The van der Waals surface area contributed by atoms with Crippen molar-refractivity contribution in [2.75, 3.05) is 18.4 Å². The van der Waals surface area contributed by atoms with Gasteiger partial charge in [0.1, 0.15) is 0 Å². The molecule has 1 aromatic heterocycles. The number of aryl methyl sites for hydroxylation is 1. The second kappa shape index (κ2) is 7.15. The largest absolute Gasteiger partial charge is 0.393 e. The summed E-state index contributed by atoms with van der Waals surface area (Å²) in [6.45, 7) is 3.06. The van der Waals surface area contributed by atoms with Crippen LogP contribution in [-0.4, -0.2) is 41.0 Å². The van der Waals surface area contributed by atoms with E-state index in [9.17, 15) is 14.7 Å². The van der Waals surface area contributed by atoms with Crippen molar-refractivity contribution in [2.45, 2.75) is 25.9 Å². The topological polar surface area (TPSA) is 69.6 Å². The average molecular weight is 344 g/mol. The fourth-order valence-corrected chi connectivity index (χ4v) is 3.56. The van der Waals surface area contributed by atoms with E-state index in [-0.39, 0.29) is 17.9 Å². The highest BCUT2D eigenvalue weighted by atomic mass is 32.1. The van der Waals surface area contributed by atoms with Crippen molar-refractivity contribution in [3.05, 3.63) is 51.7 Å². The molecule has 6 heteroatoms. The Kier molecular flexibility index (Phi) is 4.97. The summed E-state index contributed by atoms with van der Waals surface area (Å²) >= 11 is 1.41. The summed E-state index contributed by atoms with van der Waals surface area (Å²) < 4.78 is 0. The summed E-state index contributed by atoms with van der Waals surface area (Å²) in [5.74, 6) is -0.166. The molecule has 0 aliphatic carbocycles. The first kappa shape index (κ1) is 16.7. The Bertz CT molecular complexity index is 731. The lowest BCUT2D eigenvalue weighted by atomic mass is 10.1. The van der Waals surface area contributed by atoms with Crippen LogP contribution >= 0.6 is 11.3 Å². The molecule has 1 saturated heterocycles. The fourth-order valence-electron chi connectivity index (χ4n) is 2.74. The molecule has 0 saturated carbocycles. The van der Waals surface area contributed by atoms with E-state index in [4.69, 9.17) is 0 Å². The van der Waals surface area contributed by atoms with Crippen LogP contribution in [0.4, 0.5) is 5.69 Å². The molecule has 0 spiro atoms. The first-order valence-corrected chi connectivity index (χ1v) is 8.85. The molecule has 1 fully saturated rings. The molecule has 5 nitrogen and oxygen atoms in total. The second-order valence-electron chi connectivity index (χ2n) is 5.99. The van der Waals surface area contributed by atoms with Gasteiger partial charge in [0.25, 0.3) is 11.8 Å². The van der Waals surface area contributed by atoms with E-state index >= 15 is 0 Å². The average Bonchev–Trinajstić information content (AvgIpc) is 3.02. The number of likely N-dealkylation sites (tertiary alicyclic amines) is 1. The van der Waals surface area contributed by atoms with Gasteiger partial charge < -0.3 is 15.3 Å². The smallest absolute Gasteiger partial charge is 0.265 e. The third kappa shape index (κ3) is 3.66. The molecule has 2 N–H and O–H groups in total. The van der Waals surface area contributed by atoms with Gasteiger partial charge in [0, 0.05) is 24.3 Å². The standard InChI is InChI=1S/C18H20N2O3S/c1-12-8-11-24-16(12)17(22)19-14-4-2-13(3-5-14)18(23)20-9-6-15(21)7-10-20/h2-5,8,11,15,21H,6-7,9-10H2,1H3,(H,19,22). The van der Waals surface area contributed by atoms with Crippen LogP contribution in [0.15, 0.2) is 35.7 Å². The quantitative estimate of drug-likeness (QED) is 0.899. The highest BCUT2D eigenvalue weighted by Crippen LogP contribution is 2.19. The second-order valence-corrected chi connectivity index (χ2v) is 6.90. The number of aliphatic hydroxyl groups is 1. The zero-order valence-corrected chi connectivity index (χ0v) is 14.3. The molecule has 1 aromatic carbocycles. The van der Waals surface area contributed by atoms with Gasteiger partial charge in [0.2, 0.25) is 0 Å². The van der Waals surface area contributed by atoms with Crippen molar-refractivity contribution in [3.63, 3.8) is 0 Å². The van der Waals surface area contributed by atoms with Crippen LogP contribution in [0.25, 0.3) is 0 Å². The minimum Gasteiger partial charge on any atom is -0.393 e. The van der Waals surface area contributed by atoms with Crippen LogP contribution in [0.5, 0.6) is 0 Å². The summed E-state index contributed by atoms with van der Waals surface area (Å²) in [6.07, 6.45) is 0.951. The number of thiophene rings is 1. The van der Waals surface area contributed by atoms with Crippen LogP contribution < -0.4 is 5.32 Å². The maximum absolute atomic E-state index is 12.4. The SMILES string of the molecule is Cc1ccsc1C(=O)Nc1ccc(C(=O)N2CCC(O)CC2)cc1. The summed E-state index contributed by atoms with van der Waals surface area (Å²) in [5, 5.41) is 14.3. The number of nitrogens with zero attached hydrogens (tertiary/aromatic N) is 1. The normalized spacial score (nSPS) is 15.3. The molecule has 2 amide bonds. The number of rotatable bonds is 3. The van der Waals surface area contributed by atoms with Crippen LogP contribution in [0.3, 0.4) is 0 Å². The predicted molar refractivity (Wildman–Crippen MR) is 94.6 cm³/mol.